The number of hydrogen-bond acceptors (Lipinski definition) is 4. The third-order valence-electron chi connectivity index (χ3n) is 3.18. The summed E-state index contributed by atoms with van der Waals surface area (Å²) >= 11 is 5.34. The predicted octanol–water partition coefficient (Wildman–Crippen LogP) is 2.35. The number of aromatic amines is 1. The maximum Gasteiger partial charge on any atom is 0.195 e. The van der Waals surface area contributed by atoms with Crippen LogP contribution in [-0.2, 0) is 4.74 Å². The average Bonchev–Trinajstić information content (AvgIpc) is 2.83. The van der Waals surface area contributed by atoms with E-state index in [9.17, 15) is 0 Å². The highest BCUT2D eigenvalue weighted by molar-refractivity contribution is 7.71. The van der Waals surface area contributed by atoms with Crippen LogP contribution in [0.15, 0.2) is 24.5 Å². The van der Waals surface area contributed by atoms with Crippen molar-refractivity contribution in [2.45, 2.75) is 18.9 Å². The van der Waals surface area contributed by atoms with Gasteiger partial charge in [-0.05, 0) is 37.2 Å². The molecule has 0 saturated carbocycles. The van der Waals surface area contributed by atoms with Crippen LogP contribution >= 0.6 is 12.2 Å². The maximum atomic E-state index is 5.39. The Balaban J connectivity index is 2.03. The van der Waals surface area contributed by atoms with E-state index in [-0.39, 0.29) is 0 Å². The van der Waals surface area contributed by atoms with E-state index in [4.69, 9.17) is 17.0 Å². The van der Waals surface area contributed by atoms with Gasteiger partial charge in [0.05, 0.1) is 0 Å². The Bertz CT molecular complexity index is 571. The van der Waals surface area contributed by atoms with E-state index in [1.54, 1.807) is 12.4 Å². The summed E-state index contributed by atoms with van der Waals surface area (Å²) in [4.78, 5) is 4.13. The van der Waals surface area contributed by atoms with E-state index in [1.807, 2.05) is 12.1 Å². The molecule has 1 fully saturated rings. The molecule has 1 N–H and O–H groups in total. The topological polar surface area (TPSA) is 55.7 Å². The first-order valence-electron chi connectivity index (χ1n) is 6.01. The van der Waals surface area contributed by atoms with Crippen molar-refractivity contribution < 1.29 is 4.74 Å². The van der Waals surface area contributed by atoms with Crippen LogP contribution < -0.4 is 0 Å². The molecule has 3 heterocycles. The van der Waals surface area contributed by atoms with Crippen LogP contribution in [0.4, 0.5) is 0 Å². The maximum absolute atomic E-state index is 5.39. The molecule has 2 aromatic heterocycles. The van der Waals surface area contributed by atoms with E-state index in [0.29, 0.717) is 10.8 Å². The van der Waals surface area contributed by atoms with Crippen molar-refractivity contribution in [2.75, 3.05) is 13.2 Å². The first-order valence-corrected chi connectivity index (χ1v) is 6.42. The highest BCUT2D eigenvalue weighted by atomic mass is 32.1. The number of ether oxygens (including phenoxy) is 1. The van der Waals surface area contributed by atoms with Crippen molar-refractivity contribution in [2.24, 2.45) is 0 Å². The second-order valence-electron chi connectivity index (χ2n) is 4.31. The van der Waals surface area contributed by atoms with Crippen molar-refractivity contribution >= 4 is 12.2 Å². The molecule has 5 nitrogen and oxygen atoms in total. The molecule has 18 heavy (non-hydrogen) atoms. The van der Waals surface area contributed by atoms with Crippen molar-refractivity contribution in [1.29, 1.82) is 0 Å². The van der Waals surface area contributed by atoms with E-state index < -0.39 is 0 Å². The normalized spacial score (nSPS) is 16.9. The molecule has 1 saturated heterocycles. The monoisotopic (exact) mass is 262 g/mol. The van der Waals surface area contributed by atoms with Crippen LogP contribution in [0.3, 0.4) is 0 Å². The lowest BCUT2D eigenvalue weighted by Crippen LogP contribution is -2.20. The molecule has 0 atom stereocenters. The second kappa shape index (κ2) is 4.99. The lowest BCUT2D eigenvalue weighted by atomic mass is 10.1. The highest BCUT2D eigenvalue weighted by Gasteiger charge is 2.20. The molecule has 0 bridgehead atoms. The molecule has 0 aromatic carbocycles. The molecular weight excluding hydrogens is 248 g/mol. The van der Waals surface area contributed by atoms with Gasteiger partial charge in [-0.3, -0.25) is 14.6 Å². The zero-order valence-electron chi connectivity index (χ0n) is 9.87. The van der Waals surface area contributed by atoms with Gasteiger partial charge in [0.1, 0.15) is 0 Å². The molecule has 6 heteroatoms. The Morgan fingerprint density at radius 2 is 2.22 bits per heavy atom. The van der Waals surface area contributed by atoms with Crippen LogP contribution in [-0.4, -0.2) is 33.0 Å². The van der Waals surface area contributed by atoms with Crippen LogP contribution in [0.2, 0.25) is 0 Å². The van der Waals surface area contributed by atoms with Gasteiger partial charge in [0.15, 0.2) is 10.6 Å². The number of nitrogens with one attached hydrogen (secondary N) is 1. The molecular formula is C12H14N4OS. The van der Waals surface area contributed by atoms with Crippen LogP contribution in [0.1, 0.15) is 18.9 Å². The van der Waals surface area contributed by atoms with Gasteiger partial charge in [0.25, 0.3) is 0 Å². The fourth-order valence-corrected chi connectivity index (χ4v) is 2.57. The third kappa shape index (κ3) is 2.09. The van der Waals surface area contributed by atoms with Gasteiger partial charge in [-0.2, -0.15) is 5.10 Å². The van der Waals surface area contributed by atoms with E-state index >= 15 is 0 Å². The zero-order chi connectivity index (χ0) is 12.4. The summed E-state index contributed by atoms with van der Waals surface area (Å²) in [5, 5.41) is 7.21. The Morgan fingerprint density at radius 1 is 1.39 bits per heavy atom. The average molecular weight is 262 g/mol. The summed E-state index contributed by atoms with van der Waals surface area (Å²) in [6.07, 6.45) is 5.51. The van der Waals surface area contributed by atoms with E-state index in [2.05, 4.69) is 19.7 Å². The van der Waals surface area contributed by atoms with Gasteiger partial charge in [0, 0.05) is 37.2 Å². The van der Waals surface area contributed by atoms with Gasteiger partial charge >= 0.3 is 0 Å². The standard InChI is InChI=1S/C12H14N4OS/c18-12-15-14-11(9-2-1-5-13-8-9)16(12)10-3-6-17-7-4-10/h1-2,5,8,10H,3-4,6-7H2,(H,15,18). The number of rotatable bonds is 2. The van der Waals surface area contributed by atoms with Gasteiger partial charge < -0.3 is 4.74 Å². The molecule has 0 unspecified atom stereocenters. The van der Waals surface area contributed by atoms with Gasteiger partial charge in [0.2, 0.25) is 0 Å². The molecule has 3 rings (SSSR count). The molecule has 94 valence electrons. The fraction of sp³-hybridized carbons (Fsp3) is 0.417. The lowest BCUT2D eigenvalue weighted by molar-refractivity contribution is 0.0696. The summed E-state index contributed by atoms with van der Waals surface area (Å²) in [5.74, 6) is 0.861. The minimum atomic E-state index is 0.361. The van der Waals surface area contributed by atoms with Gasteiger partial charge in [-0.25, -0.2) is 0 Å². The largest absolute Gasteiger partial charge is 0.381 e. The zero-order valence-corrected chi connectivity index (χ0v) is 10.7. The van der Waals surface area contributed by atoms with Crippen molar-refractivity contribution in [1.82, 2.24) is 19.7 Å². The fourth-order valence-electron chi connectivity index (χ4n) is 2.29. The molecule has 0 amide bonds. The van der Waals surface area contributed by atoms with Gasteiger partial charge in [-0.1, -0.05) is 0 Å². The molecule has 2 aromatic rings. The smallest absolute Gasteiger partial charge is 0.195 e. The number of nitrogens with zero attached hydrogens (tertiary/aromatic N) is 3. The number of hydrogen-bond donors (Lipinski definition) is 1. The van der Waals surface area contributed by atoms with Gasteiger partial charge in [-0.15, -0.1) is 0 Å². The third-order valence-corrected chi connectivity index (χ3v) is 3.47. The summed E-state index contributed by atoms with van der Waals surface area (Å²) in [6.45, 7) is 1.56. The quantitative estimate of drug-likeness (QED) is 0.844. The number of pyridine rings is 1. The van der Waals surface area contributed by atoms with Crippen molar-refractivity contribution in [3.8, 4) is 11.4 Å². The first-order chi connectivity index (χ1) is 8.86. The van der Waals surface area contributed by atoms with Crippen molar-refractivity contribution in [3.63, 3.8) is 0 Å². The summed E-state index contributed by atoms with van der Waals surface area (Å²) in [7, 11) is 0. The minimum Gasteiger partial charge on any atom is -0.381 e. The van der Waals surface area contributed by atoms with Crippen molar-refractivity contribution in [3.05, 3.63) is 29.3 Å². The predicted molar refractivity (Wildman–Crippen MR) is 69.7 cm³/mol. The SMILES string of the molecule is S=c1[nH]nc(-c2cccnc2)n1C1CCOCC1. The second-order valence-corrected chi connectivity index (χ2v) is 4.69. The number of H-pyrrole nitrogens is 1. The number of aromatic nitrogens is 4. The highest BCUT2D eigenvalue weighted by Crippen LogP contribution is 2.26. The first kappa shape index (κ1) is 11.6. The molecule has 1 aliphatic rings. The molecule has 0 radical (unpaired) electrons. The van der Waals surface area contributed by atoms with Crippen LogP contribution in [0, 0.1) is 4.77 Å². The van der Waals surface area contributed by atoms with Crippen LogP contribution in [0.25, 0.3) is 11.4 Å². The Kier molecular flexibility index (Phi) is 3.21. The summed E-state index contributed by atoms with van der Waals surface area (Å²) in [6, 6.07) is 4.26. The summed E-state index contributed by atoms with van der Waals surface area (Å²) < 4.78 is 8.15. The Hall–Kier alpha value is -1.53. The van der Waals surface area contributed by atoms with E-state index in [0.717, 1.165) is 37.4 Å². The molecule has 0 aliphatic carbocycles. The van der Waals surface area contributed by atoms with Crippen LogP contribution in [0.5, 0.6) is 0 Å². The molecule has 1 aliphatic heterocycles. The van der Waals surface area contributed by atoms with E-state index in [1.165, 1.54) is 0 Å². The lowest BCUT2D eigenvalue weighted by Gasteiger charge is -2.24. The minimum absolute atomic E-state index is 0.361. The summed E-state index contributed by atoms with van der Waals surface area (Å²) in [5.41, 5.74) is 0.983. The Labute approximate surface area is 110 Å². The molecule has 0 spiro atoms. The Morgan fingerprint density at radius 3 is 2.94 bits per heavy atom.